The first-order valence-electron chi connectivity index (χ1n) is 7.37. The van der Waals surface area contributed by atoms with E-state index in [0.29, 0.717) is 16.6 Å². The number of hydrogen-bond donors (Lipinski definition) is 1. The van der Waals surface area contributed by atoms with E-state index in [1.165, 1.54) is 11.3 Å². The van der Waals surface area contributed by atoms with Crippen molar-refractivity contribution in [2.45, 2.75) is 25.7 Å². The minimum absolute atomic E-state index is 0.288. The summed E-state index contributed by atoms with van der Waals surface area (Å²) in [6, 6.07) is 5.47. The van der Waals surface area contributed by atoms with Gasteiger partial charge in [0.05, 0.1) is 7.11 Å². The van der Waals surface area contributed by atoms with Crippen molar-refractivity contribution in [3.8, 4) is 5.75 Å². The summed E-state index contributed by atoms with van der Waals surface area (Å²) in [6.07, 6.45) is 2.32. The average Bonchev–Trinajstić information content (AvgIpc) is 3.22. The molecule has 6 nitrogen and oxygen atoms in total. The number of aryl methyl sites for hydroxylation is 1. The molecule has 1 aromatic carbocycles. The summed E-state index contributed by atoms with van der Waals surface area (Å²) in [5.41, 5.74) is 1.44. The molecular formula is C16H15N3O3S. The molecule has 1 saturated carbocycles. The van der Waals surface area contributed by atoms with E-state index in [0.717, 1.165) is 34.5 Å². The first-order chi connectivity index (χ1) is 11.2. The molecule has 1 fully saturated rings. The average molecular weight is 329 g/mol. The summed E-state index contributed by atoms with van der Waals surface area (Å²) < 4.78 is 10.9. The Labute approximate surface area is 136 Å². The molecule has 3 aromatic rings. The van der Waals surface area contributed by atoms with Gasteiger partial charge in [0.15, 0.2) is 5.76 Å². The van der Waals surface area contributed by atoms with E-state index >= 15 is 0 Å². The fraction of sp³-hybridized carbons (Fsp3) is 0.312. The summed E-state index contributed by atoms with van der Waals surface area (Å²) in [7, 11) is 1.61. The summed E-state index contributed by atoms with van der Waals surface area (Å²) in [5.74, 6) is 1.23. The van der Waals surface area contributed by atoms with Crippen molar-refractivity contribution in [1.82, 2.24) is 10.2 Å². The maximum atomic E-state index is 12.5. The number of nitrogens with zero attached hydrogens (tertiary/aromatic N) is 2. The Hall–Kier alpha value is -2.41. The third-order valence-corrected chi connectivity index (χ3v) is 4.94. The van der Waals surface area contributed by atoms with E-state index in [4.69, 9.17) is 9.15 Å². The molecule has 1 amide bonds. The number of carbonyl (C=O) groups excluding carboxylic acids is 1. The Morgan fingerprint density at radius 2 is 2.22 bits per heavy atom. The zero-order valence-electron chi connectivity index (χ0n) is 12.8. The predicted molar refractivity (Wildman–Crippen MR) is 87.3 cm³/mol. The van der Waals surface area contributed by atoms with Crippen LogP contribution in [0.4, 0.5) is 5.13 Å². The fourth-order valence-electron chi connectivity index (χ4n) is 2.48. The molecule has 0 aliphatic heterocycles. The van der Waals surface area contributed by atoms with E-state index in [-0.39, 0.29) is 11.7 Å². The highest BCUT2D eigenvalue weighted by molar-refractivity contribution is 7.15. The minimum Gasteiger partial charge on any atom is -0.497 e. The molecule has 2 heterocycles. The number of methoxy groups -OCH3 is 1. The lowest BCUT2D eigenvalue weighted by atomic mass is 10.1. The van der Waals surface area contributed by atoms with Gasteiger partial charge < -0.3 is 9.15 Å². The third kappa shape index (κ3) is 2.57. The minimum atomic E-state index is -0.309. The smallest absolute Gasteiger partial charge is 0.293 e. The number of ether oxygens (including phenoxy) is 1. The van der Waals surface area contributed by atoms with Crippen molar-refractivity contribution in [1.29, 1.82) is 0 Å². The van der Waals surface area contributed by atoms with E-state index in [2.05, 4.69) is 15.5 Å². The molecule has 0 unspecified atom stereocenters. The van der Waals surface area contributed by atoms with Crippen LogP contribution in [0, 0.1) is 6.92 Å². The molecule has 23 heavy (non-hydrogen) atoms. The van der Waals surface area contributed by atoms with Gasteiger partial charge in [0.2, 0.25) is 5.13 Å². The largest absolute Gasteiger partial charge is 0.497 e. The first kappa shape index (κ1) is 14.2. The zero-order valence-corrected chi connectivity index (χ0v) is 13.6. The van der Waals surface area contributed by atoms with Crippen LogP contribution in [-0.2, 0) is 0 Å². The van der Waals surface area contributed by atoms with E-state index < -0.39 is 0 Å². The van der Waals surface area contributed by atoms with Crippen molar-refractivity contribution >= 4 is 33.3 Å². The Morgan fingerprint density at radius 1 is 1.39 bits per heavy atom. The van der Waals surface area contributed by atoms with Gasteiger partial charge in [-0.1, -0.05) is 11.3 Å². The highest BCUT2D eigenvalue weighted by atomic mass is 32.1. The lowest BCUT2D eigenvalue weighted by Crippen LogP contribution is -2.11. The van der Waals surface area contributed by atoms with Crippen LogP contribution in [0.1, 0.15) is 39.9 Å². The second-order valence-corrected chi connectivity index (χ2v) is 6.60. The number of carbonyl (C=O) groups is 1. The van der Waals surface area contributed by atoms with Crippen LogP contribution in [0.3, 0.4) is 0 Å². The zero-order chi connectivity index (χ0) is 16.0. The topological polar surface area (TPSA) is 77.2 Å². The molecule has 1 aliphatic rings. The molecule has 118 valence electrons. The van der Waals surface area contributed by atoms with Gasteiger partial charge in [-0.3, -0.25) is 10.1 Å². The quantitative estimate of drug-likeness (QED) is 0.789. The number of nitrogens with one attached hydrogen (secondary N) is 1. The molecule has 0 saturated heterocycles. The predicted octanol–water partition coefficient (Wildman–Crippen LogP) is 3.73. The van der Waals surface area contributed by atoms with Gasteiger partial charge in [0, 0.05) is 16.9 Å². The van der Waals surface area contributed by atoms with Gasteiger partial charge in [-0.15, -0.1) is 10.2 Å². The van der Waals surface area contributed by atoms with Crippen LogP contribution < -0.4 is 10.1 Å². The molecule has 0 atom stereocenters. The number of aromatic nitrogens is 2. The number of fused-ring (bicyclic) bond motifs is 1. The molecule has 0 radical (unpaired) electrons. The normalized spacial score (nSPS) is 14.2. The van der Waals surface area contributed by atoms with Gasteiger partial charge in [0.1, 0.15) is 16.3 Å². The van der Waals surface area contributed by atoms with Gasteiger partial charge in [0.25, 0.3) is 5.91 Å². The Bertz CT molecular complexity index is 895. The SMILES string of the molecule is COc1ccc2oc(C(=O)Nc3nnc(C4CC4)s3)c(C)c2c1. The molecule has 4 rings (SSSR count). The van der Waals surface area contributed by atoms with Crippen LogP contribution in [0.15, 0.2) is 22.6 Å². The van der Waals surface area contributed by atoms with Gasteiger partial charge in [-0.2, -0.15) is 0 Å². The van der Waals surface area contributed by atoms with Crippen LogP contribution in [0.25, 0.3) is 11.0 Å². The number of rotatable bonds is 4. The summed E-state index contributed by atoms with van der Waals surface area (Å²) in [4.78, 5) is 12.5. The van der Waals surface area contributed by atoms with Gasteiger partial charge >= 0.3 is 0 Å². The van der Waals surface area contributed by atoms with Crippen LogP contribution in [0.2, 0.25) is 0 Å². The monoisotopic (exact) mass is 329 g/mol. The number of hydrogen-bond acceptors (Lipinski definition) is 6. The Balaban J connectivity index is 1.61. The fourth-order valence-corrected chi connectivity index (χ4v) is 3.39. The van der Waals surface area contributed by atoms with Crippen molar-refractivity contribution in [3.63, 3.8) is 0 Å². The molecular weight excluding hydrogens is 314 g/mol. The summed E-state index contributed by atoms with van der Waals surface area (Å²) in [6.45, 7) is 1.86. The molecule has 7 heteroatoms. The van der Waals surface area contributed by atoms with Crippen molar-refractivity contribution in [2.75, 3.05) is 12.4 Å². The maximum absolute atomic E-state index is 12.5. The Morgan fingerprint density at radius 3 is 2.96 bits per heavy atom. The number of amides is 1. The maximum Gasteiger partial charge on any atom is 0.293 e. The molecule has 0 bridgehead atoms. The number of furan rings is 1. The van der Waals surface area contributed by atoms with Crippen LogP contribution in [0.5, 0.6) is 5.75 Å². The van der Waals surface area contributed by atoms with Crippen molar-refractivity contribution < 1.29 is 13.9 Å². The molecule has 1 N–H and O–H groups in total. The molecule has 1 aliphatic carbocycles. The van der Waals surface area contributed by atoms with E-state index in [1.807, 2.05) is 13.0 Å². The van der Waals surface area contributed by atoms with E-state index in [1.54, 1.807) is 19.2 Å². The molecule has 0 spiro atoms. The number of benzene rings is 1. The third-order valence-electron chi connectivity index (χ3n) is 3.94. The second kappa shape index (κ2) is 5.34. The first-order valence-corrected chi connectivity index (χ1v) is 8.19. The highest BCUT2D eigenvalue weighted by Crippen LogP contribution is 2.42. The van der Waals surface area contributed by atoms with E-state index in [9.17, 15) is 4.79 Å². The number of anilines is 1. The van der Waals surface area contributed by atoms with Gasteiger partial charge in [-0.25, -0.2) is 0 Å². The van der Waals surface area contributed by atoms with Crippen molar-refractivity contribution in [2.24, 2.45) is 0 Å². The van der Waals surface area contributed by atoms with Crippen molar-refractivity contribution in [3.05, 3.63) is 34.5 Å². The lowest BCUT2D eigenvalue weighted by molar-refractivity contribution is 0.0998. The summed E-state index contributed by atoms with van der Waals surface area (Å²) in [5, 5.41) is 13.3. The summed E-state index contributed by atoms with van der Waals surface area (Å²) >= 11 is 1.43. The van der Waals surface area contributed by atoms with Crippen LogP contribution in [-0.4, -0.2) is 23.2 Å². The lowest BCUT2D eigenvalue weighted by Gasteiger charge is -1.98. The second-order valence-electron chi connectivity index (χ2n) is 5.59. The highest BCUT2D eigenvalue weighted by Gasteiger charge is 2.28. The molecule has 2 aromatic heterocycles. The standard InChI is InChI=1S/C16H15N3O3S/c1-8-11-7-10(21-2)5-6-12(11)22-13(8)14(20)17-16-19-18-15(23-16)9-3-4-9/h5-7,9H,3-4H2,1-2H3,(H,17,19,20). The van der Waals surface area contributed by atoms with Gasteiger partial charge in [-0.05, 0) is 38.0 Å². The van der Waals surface area contributed by atoms with Crippen LogP contribution >= 0.6 is 11.3 Å². The Kier molecular flexibility index (Phi) is 3.30.